The molecule has 0 bridgehead atoms. The molecule has 1 unspecified atom stereocenters. The van der Waals surface area contributed by atoms with Gasteiger partial charge in [0.1, 0.15) is 11.8 Å². The number of carbonyl (C=O) groups is 2. The zero-order valence-electron chi connectivity index (χ0n) is 25.1. The van der Waals surface area contributed by atoms with E-state index >= 15 is 0 Å². The van der Waals surface area contributed by atoms with Crippen molar-refractivity contribution in [2.75, 3.05) is 13.7 Å². The molecular weight excluding hydrogens is 562 g/mol. The van der Waals surface area contributed by atoms with E-state index in [-0.39, 0.29) is 35.7 Å². The molecule has 3 aromatic carbocycles. The summed E-state index contributed by atoms with van der Waals surface area (Å²) in [4.78, 5) is 29.5. The number of sulfonamides is 1. The van der Waals surface area contributed by atoms with Gasteiger partial charge >= 0.3 is 0 Å². The lowest BCUT2D eigenvalue weighted by atomic mass is 10.0. The van der Waals surface area contributed by atoms with Gasteiger partial charge in [-0.15, -0.1) is 0 Å². The number of nitrogens with one attached hydrogen (secondary N) is 2. The normalized spacial score (nSPS) is 13.7. The SMILES string of the molecule is CCCCCNC(=O)C(Cc1ccccc1)N(Cc1ccc(OC)cc1)C(=O)CCc1ccc(S(=O)(=O)NC2CC2)cc1. The lowest BCUT2D eigenvalue weighted by Gasteiger charge is -2.32. The highest BCUT2D eigenvalue weighted by Crippen LogP contribution is 2.23. The Morgan fingerprint density at radius 3 is 2.21 bits per heavy atom. The van der Waals surface area contributed by atoms with Crippen LogP contribution in [-0.4, -0.2) is 50.9 Å². The molecule has 0 spiro atoms. The summed E-state index contributed by atoms with van der Waals surface area (Å²) in [5, 5.41) is 3.07. The Bertz CT molecular complexity index is 1420. The van der Waals surface area contributed by atoms with Crippen molar-refractivity contribution in [1.29, 1.82) is 0 Å². The Kier molecular flexibility index (Phi) is 11.8. The van der Waals surface area contributed by atoms with Gasteiger partial charge in [0.25, 0.3) is 0 Å². The summed E-state index contributed by atoms with van der Waals surface area (Å²) in [7, 11) is -1.93. The number of rotatable bonds is 17. The average molecular weight is 606 g/mol. The smallest absolute Gasteiger partial charge is 0.243 e. The number of carbonyl (C=O) groups excluding carboxylic acids is 2. The number of amides is 2. The minimum absolute atomic E-state index is 0.0339. The van der Waals surface area contributed by atoms with Crippen molar-refractivity contribution in [2.24, 2.45) is 0 Å². The van der Waals surface area contributed by atoms with Crippen LogP contribution in [0.4, 0.5) is 0 Å². The molecule has 0 saturated heterocycles. The Morgan fingerprint density at radius 1 is 0.907 bits per heavy atom. The van der Waals surface area contributed by atoms with Gasteiger partial charge in [0, 0.05) is 32.0 Å². The van der Waals surface area contributed by atoms with E-state index in [1.54, 1.807) is 36.3 Å². The highest BCUT2D eigenvalue weighted by molar-refractivity contribution is 7.89. The maximum atomic E-state index is 13.9. The molecule has 1 saturated carbocycles. The molecule has 3 aromatic rings. The molecule has 1 aliphatic rings. The standard InChI is InChI=1S/C34H43N3O5S/c1-3-4-8-23-35-34(39)32(24-27-9-6-5-7-10-27)37(25-28-11-18-30(42-2)19-12-28)33(38)22-15-26-13-20-31(21-14-26)43(40,41)36-29-16-17-29/h5-7,9-14,18-21,29,32,36H,3-4,8,15-17,22-25H2,1-2H3,(H,35,39). The first-order chi connectivity index (χ1) is 20.8. The van der Waals surface area contributed by atoms with Crippen LogP contribution in [0.15, 0.2) is 83.8 Å². The second-order valence-electron chi connectivity index (χ2n) is 11.1. The van der Waals surface area contributed by atoms with E-state index in [2.05, 4.69) is 17.0 Å². The zero-order chi connectivity index (χ0) is 30.7. The maximum Gasteiger partial charge on any atom is 0.243 e. The van der Waals surface area contributed by atoms with E-state index in [1.807, 2.05) is 54.6 Å². The molecule has 1 atom stereocenters. The minimum Gasteiger partial charge on any atom is -0.497 e. The molecule has 0 aromatic heterocycles. The Labute approximate surface area is 255 Å². The topological polar surface area (TPSA) is 105 Å². The Hall–Kier alpha value is -3.69. The Morgan fingerprint density at radius 2 is 1.58 bits per heavy atom. The number of hydrogen-bond acceptors (Lipinski definition) is 5. The fourth-order valence-corrected chi connectivity index (χ4v) is 6.21. The highest BCUT2D eigenvalue weighted by Gasteiger charge is 2.30. The van der Waals surface area contributed by atoms with Crippen molar-refractivity contribution in [2.45, 2.75) is 81.8 Å². The van der Waals surface area contributed by atoms with E-state index in [9.17, 15) is 18.0 Å². The molecule has 2 amide bonds. The molecule has 43 heavy (non-hydrogen) atoms. The molecule has 1 fully saturated rings. The van der Waals surface area contributed by atoms with E-state index in [1.165, 1.54) is 0 Å². The summed E-state index contributed by atoms with van der Waals surface area (Å²) in [6.45, 7) is 2.95. The number of nitrogens with zero attached hydrogens (tertiary/aromatic N) is 1. The average Bonchev–Trinajstić information content (AvgIpc) is 3.84. The number of aryl methyl sites for hydroxylation is 1. The van der Waals surface area contributed by atoms with Crippen molar-refractivity contribution in [3.8, 4) is 5.75 Å². The summed E-state index contributed by atoms with van der Waals surface area (Å²) in [5.74, 6) is 0.404. The lowest BCUT2D eigenvalue weighted by molar-refractivity contribution is -0.141. The molecular formula is C34H43N3O5S. The molecule has 0 radical (unpaired) electrons. The van der Waals surface area contributed by atoms with E-state index in [0.29, 0.717) is 25.1 Å². The quantitative estimate of drug-likeness (QED) is 0.211. The lowest BCUT2D eigenvalue weighted by Crippen LogP contribution is -2.50. The van der Waals surface area contributed by atoms with Crippen LogP contribution in [0, 0.1) is 0 Å². The van der Waals surface area contributed by atoms with Gasteiger partial charge in [-0.1, -0.05) is 74.4 Å². The van der Waals surface area contributed by atoms with Crippen molar-refractivity contribution >= 4 is 21.8 Å². The van der Waals surface area contributed by atoms with Crippen LogP contribution < -0.4 is 14.8 Å². The van der Waals surface area contributed by atoms with Crippen molar-refractivity contribution < 1.29 is 22.7 Å². The van der Waals surface area contributed by atoms with Crippen LogP contribution in [0.2, 0.25) is 0 Å². The van der Waals surface area contributed by atoms with Gasteiger partial charge in [-0.2, -0.15) is 0 Å². The van der Waals surface area contributed by atoms with Crippen molar-refractivity contribution in [1.82, 2.24) is 14.9 Å². The zero-order valence-corrected chi connectivity index (χ0v) is 25.9. The minimum atomic E-state index is -3.54. The highest BCUT2D eigenvalue weighted by atomic mass is 32.2. The number of unbranched alkanes of at least 4 members (excludes halogenated alkanes) is 2. The third-order valence-electron chi connectivity index (χ3n) is 7.62. The largest absolute Gasteiger partial charge is 0.497 e. The van der Waals surface area contributed by atoms with Crippen LogP contribution in [-0.2, 0) is 39.0 Å². The first kappa shape index (κ1) is 32.2. The molecule has 8 nitrogen and oxygen atoms in total. The molecule has 0 aliphatic heterocycles. The first-order valence-electron chi connectivity index (χ1n) is 15.1. The van der Waals surface area contributed by atoms with Gasteiger partial charge in [-0.25, -0.2) is 13.1 Å². The van der Waals surface area contributed by atoms with Crippen molar-refractivity contribution in [3.05, 3.63) is 95.6 Å². The molecule has 9 heteroatoms. The summed E-state index contributed by atoms with van der Waals surface area (Å²) in [6.07, 6.45) is 5.69. The van der Waals surface area contributed by atoms with Crippen LogP contribution in [0.5, 0.6) is 5.75 Å². The van der Waals surface area contributed by atoms with Gasteiger partial charge in [-0.05, 0) is 66.6 Å². The van der Waals surface area contributed by atoms with Gasteiger partial charge < -0.3 is 15.0 Å². The molecule has 0 heterocycles. The molecule has 1 aliphatic carbocycles. The predicted octanol–water partition coefficient (Wildman–Crippen LogP) is 5.02. The molecule has 230 valence electrons. The van der Waals surface area contributed by atoms with Crippen LogP contribution in [0.1, 0.15) is 62.1 Å². The second-order valence-corrected chi connectivity index (χ2v) is 12.8. The van der Waals surface area contributed by atoms with Crippen LogP contribution >= 0.6 is 0 Å². The molecule has 4 rings (SSSR count). The third-order valence-corrected chi connectivity index (χ3v) is 9.16. The van der Waals surface area contributed by atoms with Gasteiger partial charge in [0.2, 0.25) is 21.8 Å². The van der Waals surface area contributed by atoms with Gasteiger partial charge in [0.05, 0.1) is 12.0 Å². The summed E-state index contributed by atoms with van der Waals surface area (Å²) < 4.78 is 33.1. The summed E-state index contributed by atoms with van der Waals surface area (Å²) in [5.41, 5.74) is 2.72. The van der Waals surface area contributed by atoms with E-state index < -0.39 is 16.1 Å². The molecule has 2 N–H and O–H groups in total. The van der Waals surface area contributed by atoms with Gasteiger partial charge in [-0.3, -0.25) is 9.59 Å². The first-order valence-corrected chi connectivity index (χ1v) is 16.6. The Balaban J connectivity index is 1.53. The second kappa shape index (κ2) is 15.7. The van der Waals surface area contributed by atoms with Crippen molar-refractivity contribution in [3.63, 3.8) is 0 Å². The van der Waals surface area contributed by atoms with E-state index in [0.717, 1.165) is 48.8 Å². The number of ether oxygens (including phenoxy) is 1. The van der Waals surface area contributed by atoms with E-state index in [4.69, 9.17) is 4.74 Å². The predicted molar refractivity (Wildman–Crippen MR) is 168 cm³/mol. The monoisotopic (exact) mass is 605 g/mol. The fraction of sp³-hybridized carbons (Fsp3) is 0.412. The number of hydrogen-bond donors (Lipinski definition) is 2. The van der Waals surface area contributed by atoms with Crippen LogP contribution in [0.3, 0.4) is 0 Å². The van der Waals surface area contributed by atoms with Gasteiger partial charge in [0.15, 0.2) is 0 Å². The fourth-order valence-electron chi connectivity index (χ4n) is 4.90. The van der Waals surface area contributed by atoms with Crippen LogP contribution in [0.25, 0.3) is 0 Å². The number of methoxy groups -OCH3 is 1. The number of benzene rings is 3. The summed E-state index contributed by atoms with van der Waals surface area (Å²) >= 11 is 0. The summed E-state index contributed by atoms with van der Waals surface area (Å²) in [6, 6.07) is 23.3. The maximum absolute atomic E-state index is 13.9. The third kappa shape index (κ3) is 9.93.